The summed E-state index contributed by atoms with van der Waals surface area (Å²) in [6, 6.07) is 7.61. The molecular formula is C22H24FN7O3. The van der Waals surface area contributed by atoms with Crippen molar-refractivity contribution in [2.75, 3.05) is 27.3 Å². The third kappa shape index (κ3) is 4.53. The highest BCUT2D eigenvalue weighted by Crippen LogP contribution is 2.41. The first-order chi connectivity index (χ1) is 15.9. The Bertz CT molecular complexity index is 1150. The van der Waals surface area contributed by atoms with Gasteiger partial charge in [-0.3, -0.25) is 0 Å². The Balaban J connectivity index is 1.74. The van der Waals surface area contributed by atoms with Gasteiger partial charge in [0, 0.05) is 50.6 Å². The van der Waals surface area contributed by atoms with Gasteiger partial charge in [-0.15, -0.1) is 0 Å². The molecule has 0 unspecified atom stereocenters. The first-order valence-corrected chi connectivity index (χ1v) is 10.3. The van der Waals surface area contributed by atoms with Gasteiger partial charge in [0.1, 0.15) is 29.7 Å². The molecule has 2 aromatic heterocycles. The first-order valence-electron chi connectivity index (χ1n) is 10.3. The average molecular weight is 453 g/mol. The van der Waals surface area contributed by atoms with Crippen LogP contribution in [0.1, 0.15) is 12.0 Å². The lowest BCUT2D eigenvalue weighted by Gasteiger charge is -2.39. The van der Waals surface area contributed by atoms with Crippen molar-refractivity contribution in [2.24, 2.45) is 16.6 Å². The molecule has 1 aliphatic heterocycles. The number of nitrogens with zero attached hydrogens (tertiary/aromatic N) is 6. The standard InChI is InChI=1S/C22H24FN7O3/c1-29(2)21(24)28-22(13-32-9-6-15(22)12-31)17-10-16(4-5-18(17)23)33-20-11-19(25-14-26-20)30-8-3-7-27-30/h3-5,7-8,10-12,14-15H,6,9,13H2,1-2H3,(H2,24,28)/t15-,22-/m0/s1. The molecule has 2 atom stereocenters. The van der Waals surface area contributed by atoms with Crippen molar-refractivity contribution >= 4 is 12.2 Å². The number of rotatable bonds is 6. The van der Waals surface area contributed by atoms with Gasteiger partial charge in [-0.25, -0.2) is 24.0 Å². The second kappa shape index (κ2) is 9.33. The molecule has 0 aliphatic carbocycles. The molecule has 0 saturated carbocycles. The van der Waals surface area contributed by atoms with E-state index in [1.807, 2.05) is 0 Å². The molecule has 4 rings (SSSR count). The van der Waals surface area contributed by atoms with Crippen molar-refractivity contribution in [1.82, 2.24) is 24.6 Å². The summed E-state index contributed by atoms with van der Waals surface area (Å²) in [4.78, 5) is 26.4. The van der Waals surface area contributed by atoms with Gasteiger partial charge in [0.2, 0.25) is 5.88 Å². The highest BCUT2D eigenvalue weighted by atomic mass is 19.1. The van der Waals surface area contributed by atoms with Crippen molar-refractivity contribution in [1.29, 1.82) is 0 Å². The van der Waals surface area contributed by atoms with Crippen LogP contribution in [-0.2, 0) is 15.1 Å². The zero-order chi connectivity index (χ0) is 23.4. The number of benzene rings is 1. The molecule has 11 heteroatoms. The summed E-state index contributed by atoms with van der Waals surface area (Å²) in [5.41, 5.74) is 4.91. The number of aldehydes is 1. The number of aliphatic imine (C=N–C) groups is 1. The zero-order valence-electron chi connectivity index (χ0n) is 18.3. The molecule has 1 saturated heterocycles. The Hall–Kier alpha value is -3.86. The lowest BCUT2D eigenvalue weighted by Crippen LogP contribution is -2.47. The predicted octanol–water partition coefficient (Wildman–Crippen LogP) is 1.90. The fraction of sp³-hybridized carbons (Fsp3) is 0.318. The smallest absolute Gasteiger partial charge is 0.224 e. The highest BCUT2D eigenvalue weighted by molar-refractivity contribution is 5.78. The van der Waals surface area contributed by atoms with E-state index in [2.05, 4.69) is 20.1 Å². The Morgan fingerprint density at radius 3 is 2.97 bits per heavy atom. The number of guanidine groups is 1. The van der Waals surface area contributed by atoms with Crippen molar-refractivity contribution in [3.63, 3.8) is 0 Å². The van der Waals surface area contributed by atoms with Gasteiger partial charge in [0.25, 0.3) is 0 Å². The largest absolute Gasteiger partial charge is 0.439 e. The van der Waals surface area contributed by atoms with Gasteiger partial charge < -0.3 is 24.9 Å². The van der Waals surface area contributed by atoms with Gasteiger partial charge in [-0.05, 0) is 30.7 Å². The van der Waals surface area contributed by atoms with Gasteiger partial charge in [-0.2, -0.15) is 5.10 Å². The minimum atomic E-state index is -1.33. The number of halogens is 1. The number of hydrogen-bond acceptors (Lipinski definition) is 7. The molecule has 2 N–H and O–H groups in total. The topological polar surface area (TPSA) is 121 Å². The van der Waals surface area contributed by atoms with Crippen LogP contribution in [0.3, 0.4) is 0 Å². The maximum Gasteiger partial charge on any atom is 0.224 e. The maximum atomic E-state index is 15.2. The van der Waals surface area contributed by atoms with Crippen molar-refractivity contribution in [3.05, 3.63) is 60.4 Å². The van der Waals surface area contributed by atoms with Crippen LogP contribution in [0, 0.1) is 11.7 Å². The average Bonchev–Trinajstić information content (AvgIpc) is 3.36. The SMILES string of the molecule is CN(C)C(N)=N[C@@]1(c2cc(Oc3cc(-n4cccn4)ncn3)ccc2F)COCC[C@H]1C=O. The van der Waals surface area contributed by atoms with Crippen LogP contribution in [0.5, 0.6) is 11.6 Å². The Labute approximate surface area is 189 Å². The fourth-order valence-corrected chi connectivity index (χ4v) is 3.66. The third-order valence-corrected chi connectivity index (χ3v) is 5.44. The van der Waals surface area contributed by atoms with Crippen LogP contribution in [0.2, 0.25) is 0 Å². The maximum absolute atomic E-state index is 15.2. The molecule has 1 aliphatic rings. The molecule has 1 aromatic carbocycles. The Kier molecular flexibility index (Phi) is 6.31. The summed E-state index contributed by atoms with van der Waals surface area (Å²) in [6.07, 6.45) is 5.88. The fourth-order valence-electron chi connectivity index (χ4n) is 3.66. The summed E-state index contributed by atoms with van der Waals surface area (Å²) in [6.45, 7) is 0.375. The second-order valence-corrected chi connectivity index (χ2v) is 7.78. The second-order valence-electron chi connectivity index (χ2n) is 7.78. The number of carbonyl (C=O) groups is 1. The molecule has 1 fully saturated rings. The van der Waals surface area contributed by atoms with E-state index in [1.165, 1.54) is 24.5 Å². The minimum Gasteiger partial charge on any atom is -0.439 e. The van der Waals surface area contributed by atoms with E-state index in [-0.39, 0.29) is 24.0 Å². The molecule has 0 amide bonds. The first kappa shape index (κ1) is 22.3. The van der Waals surface area contributed by atoms with Gasteiger partial charge in [0.05, 0.1) is 6.61 Å². The predicted molar refractivity (Wildman–Crippen MR) is 118 cm³/mol. The quantitative estimate of drug-likeness (QED) is 0.341. The van der Waals surface area contributed by atoms with Crippen molar-refractivity contribution in [3.8, 4) is 17.4 Å². The van der Waals surface area contributed by atoms with Crippen LogP contribution in [0.15, 0.2) is 54.0 Å². The number of aromatic nitrogens is 4. The number of nitrogens with two attached hydrogens (primary N) is 1. The number of ether oxygens (including phenoxy) is 2. The monoisotopic (exact) mass is 453 g/mol. The summed E-state index contributed by atoms with van der Waals surface area (Å²) >= 11 is 0. The highest BCUT2D eigenvalue weighted by Gasteiger charge is 2.45. The van der Waals surface area contributed by atoms with E-state index in [0.29, 0.717) is 24.6 Å². The zero-order valence-corrected chi connectivity index (χ0v) is 18.3. The van der Waals surface area contributed by atoms with Gasteiger partial charge in [0.15, 0.2) is 11.8 Å². The molecule has 0 spiro atoms. The van der Waals surface area contributed by atoms with E-state index in [1.54, 1.807) is 48.2 Å². The molecule has 0 bridgehead atoms. The Morgan fingerprint density at radius 1 is 1.39 bits per heavy atom. The summed E-state index contributed by atoms with van der Waals surface area (Å²) in [5, 5.41) is 4.13. The summed E-state index contributed by atoms with van der Waals surface area (Å²) < 4.78 is 28.3. The van der Waals surface area contributed by atoms with Crippen molar-refractivity contribution in [2.45, 2.75) is 12.0 Å². The van der Waals surface area contributed by atoms with E-state index < -0.39 is 17.3 Å². The van der Waals surface area contributed by atoms with Gasteiger partial charge >= 0.3 is 0 Å². The van der Waals surface area contributed by atoms with Crippen LogP contribution in [0.4, 0.5) is 4.39 Å². The normalized spacial score (nSPS) is 20.9. The number of hydrogen-bond donors (Lipinski definition) is 1. The van der Waals surface area contributed by atoms with Crippen LogP contribution >= 0.6 is 0 Å². The van der Waals surface area contributed by atoms with Crippen LogP contribution < -0.4 is 10.5 Å². The molecule has 0 radical (unpaired) electrons. The van der Waals surface area contributed by atoms with E-state index in [9.17, 15) is 4.79 Å². The number of carbonyl (C=O) groups excluding carboxylic acids is 1. The summed E-state index contributed by atoms with van der Waals surface area (Å²) in [5.74, 6) is 0.0384. The molecular weight excluding hydrogens is 429 g/mol. The molecule has 3 heterocycles. The van der Waals surface area contributed by atoms with Crippen molar-refractivity contribution < 1.29 is 18.7 Å². The Morgan fingerprint density at radius 2 is 2.24 bits per heavy atom. The lowest BCUT2D eigenvalue weighted by molar-refractivity contribution is -0.118. The van der Waals surface area contributed by atoms with E-state index in [4.69, 9.17) is 15.2 Å². The molecule has 33 heavy (non-hydrogen) atoms. The molecule has 3 aromatic rings. The lowest BCUT2D eigenvalue weighted by atomic mass is 9.76. The minimum absolute atomic E-state index is 0.00226. The summed E-state index contributed by atoms with van der Waals surface area (Å²) in [7, 11) is 3.43. The third-order valence-electron chi connectivity index (χ3n) is 5.44. The molecule has 10 nitrogen and oxygen atoms in total. The van der Waals surface area contributed by atoms with E-state index >= 15 is 4.39 Å². The molecule has 172 valence electrons. The van der Waals surface area contributed by atoms with E-state index in [0.717, 1.165) is 6.29 Å². The van der Waals surface area contributed by atoms with Crippen LogP contribution in [0.25, 0.3) is 5.82 Å². The van der Waals surface area contributed by atoms with Crippen LogP contribution in [-0.4, -0.2) is 64.2 Å². The van der Waals surface area contributed by atoms with Gasteiger partial charge in [-0.1, -0.05) is 0 Å².